The average molecular weight is 417 g/mol. The van der Waals surface area contributed by atoms with E-state index in [1.54, 1.807) is 16.8 Å². The van der Waals surface area contributed by atoms with Crippen LogP contribution in [0.25, 0.3) is 16.8 Å². The molecule has 1 aromatic carbocycles. The molecule has 4 rings (SSSR count). The molecule has 4 aromatic rings. The Bertz CT molecular complexity index is 1260. The molecule has 3 aromatic heterocycles. The number of aromatic nitrogens is 5. The van der Waals surface area contributed by atoms with Gasteiger partial charge in [0.15, 0.2) is 5.82 Å². The van der Waals surface area contributed by atoms with E-state index in [0.717, 1.165) is 22.6 Å². The smallest absolute Gasteiger partial charge is 0.254 e. The van der Waals surface area contributed by atoms with Crippen LogP contribution in [-0.2, 0) is 6.42 Å². The van der Waals surface area contributed by atoms with Crippen molar-refractivity contribution in [3.05, 3.63) is 65.5 Å². The van der Waals surface area contributed by atoms with Crippen molar-refractivity contribution in [2.75, 3.05) is 12.8 Å². The largest absolute Gasteiger partial charge is 0.496 e. The molecule has 0 aliphatic heterocycles. The molecule has 3 heterocycles. The van der Waals surface area contributed by atoms with E-state index in [4.69, 9.17) is 21.2 Å². The Balaban J connectivity index is 1.72. The first-order chi connectivity index (χ1) is 14.9. The second-order valence-corrected chi connectivity index (χ2v) is 7.45. The maximum Gasteiger partial charge on any atom is 0.254 e. The fourth-order valence-corrected chi connectivity index (χ4v) is 3.58. The number of primary amides is 1. The number of imidazole rings is 1. The van der Waals surface area contributed by atoms with E-state index in [0.29, 0.717) is 34.8 Å². The van der Waals surface area contributed by atoms with Crippen LogP contribution in [0.2, 0.25) is 0 Å². The lowest BCUT2D eigenvalue weighted by Crippen LogP contribution is -2.16. The van der Waals surface area contributed by atoms with Gasteiger partial charge in [0.1, 0.15) is 34.7 Å². The summed E-state index contributed by atoms with van der Waals surface area (Å²) in [5.74, 6) is 1.20. The van der Waals surface area contributed by atoms with Crippen LogP contribution in [0.5, 0.6) is 5.75 Å². The van der Waals surface area contributed by atoms with Gasteiger partial charge in [-0.15, -0.1) is 0 Å². The highest BCUT2D eigenvalue weighted by Crippen LogP contribution is 2.30. The van der Waals surface area contributed by atoms with Gasteiger partial charge in [0, 0.05) is 24.1 Å². The van der Waals surface area contributed by atoms with E-state index in [1.165, 1.54) is 13.4 Å². The topological polar surface area (TPSA) is 134 Å². The molecule has 4 N–H and O–H groups in total. The van der Waals surface area contributed by atoms with Crippen molar-refractivity contribution < 1.29 is 9.53 Å². The van der Waals surface area contributed by atoms with Gasteiger partial charge in [-0.25, -0.2) is 14.5 Å². The molecule has 0 radical (unpaired) electrons. The van der Waals surface area contributed by atoms with Crippen LogP contribution < -0.4 is 16.2 Å². The number of amides is 1. The molecule has 0 aliphatic rings. The highest BCUT2D eigenvalue weighted by molar-refractivity contribution is 5.96. The van der Waals surface area contributed by atoms with E-state index < -0.39 is 5.91 Å². The van der Waals surface area contributed by atoms with Gasteiger partial charge in [0.05, 0.1) is 12.8 Å². The number of ether oxygens (including phenoxy) is 1. The lowest BCUT2D eigenvalue weighted by atomic mass is 10.0. The van der Waals surface area contributed by atoms with Crippen molar-refractivity contribution in [1.82, 2.24) is 24.6 Å². The Labute approximate surface area is 179 Å². The molecule has 0 atom stereocenters. The molecular formula is C22H23N7O2. The lowest BCUT2D eigenvalue weighted by molar-refractivity contribution is 0.0996. The normalized spacial score (nSPS) is 11.2. The van der Waals surface area contributed by atoms with Gasteiger partial charge in [-0.1, -0.05) is 38.1 Å². The van der Waals surface area contributed by atoms with Gasteiger partial charge >= 0.3 is 0 Å². The molecular weight excluding hydrogens is 394 g/mol. The molecule has 0 bridgehead atoms. The zero-order valence-electron chi connectivity index (χ0n) is 17.5. The van der Waals surface area contributed by atoms with Crippen molar-refractivity contribution >= 4 is 17.2 Å². The van der Waals surface area contributed by atoms with E-state index in [1.807, 2.05) is 24.3 Å². The second kappa shape index (κ2) is 8.02. The van der Waals surface area contributed by atoms with Crippen molar-refractivity contribution in [2.45, 2.75) is 26.2 Å². The van der Waals surface area contributed by atoms with E-state index in [2.05, 4.69) is 28.9 Å². The summed E-state index contributed by atoms with van der Waals surface area (Å²) in [7, 11) is 1.50. The third-order valence-electron chi connectivity index (χ3n) is 5.06. The third-order valence-corrected chi connectivity index (χ3v) is 5.06. The minimum Gasteiger partial charge on any atom is -0.496 e. The van der Waals surface area contributed by atoms with Crippen LogP contribution in [0.4, 0.5) is 5.82 Å². The fourth-order valence-electron chi connectivity index (χ4n) is 3.58. The van der Waals surface area contributed by atoms with Gasteiger partial charge in [-0.2, -0.15) is 5.10 Å². The zero-order chi connectivity index (χ0) is 22.1. The number of fused-ring (bicyclic) bond motifs is 1. The summed E-state index contributed by atoms with van der Waals surface area (Å²) >= 11 is 0. The summed E-state index contributed by atoms with van der Waals surface area (Å²) < 4.78 is 7.01. The fraction of sp³-hybridized carbons (Fsp3) is 0.227. The molecule has 9 nitrogen and oxygen atoms in total. The van der Waals surface area contributed by atoms with Crippen molar-refractivity contribution in [1.29, 1.82) is 0 Å². The van der Waals surface area contributed by atoms with Crippen LogP contribution in [0.15, 0.2) is 42.9 Å². The number of hydrogen-bond donors (Lipinski definition) is 2. The first-order valence-corrected chi connectivity index (χ1v) is 9.80. The molecule has 0 aliphatic carbocycles. The molecule has 9 heteroatoms. The van der Waals surface area contributed by atoms with E-state index >= 15 is 0 Å². The first-order valence-electron chi connectivity index (χ1n) is 9.80. The number of pyridine rings is 1. The third kappa shape index (κ3) is 3.65. The summed E-state index contributed by atoms with van der Waals surface area (Å²) in [5, 5.41) is 4.32. The molecule has 1 amide bonds. The summed E-state index contributed by atoms with van der Waals surface area (Å²) in [6.45, 7) is 4.11. The highest BCUT2D eigenvalue weighted by atomic mass is 16.5. The Hall–Kier alpha value is -4.01. The Morgan fingerprint density at radius 3 is 2.55 bits per heavy atom. The second-order valence-electron chi connectivity index (χ2n) is 7.45. The molecule has 0 spiro atoms. The van der Waals surface area contributed by atoms with E-state index in [-0.39, 0.29) is 5.92 Å². The van der Waals surface area contributed by atoms with Crippen molar-refractivity contribution in [3.8, 4) is 17.0 Å². The predicted octanol–water partition coefficient (Wildman–Crippen LogP) is 2.59. The van der Waals surface area contributed by atoms with Crippen molar-refractivity contribution in [2.24, 2.45) is 5.73 Å². The molecule has 0 saturated carbocycles. The number of hydrogen-bond acceptors (Lipinski definition) is 7. The maximum absolute atomic E-state index is 11.9. The number of rotatable bonds is 6. The number of methoxy groups -OCH3 is 1. The minimum atomic E-state index is -0.572. The first kappa shape index (κ1) is 20.3. The molecule has 0 saturated heterocycles. The Morgan fingerprint density at radius 1 is 1.16 bits per heavy atom. The van der Waals surface area contributed by atoms with Crippen LogP contribution in [0.1, 0.15) is 47.2 Å². The van der Waals surface area contributed by atoms with Crippen LogP contribution >= 0.6 is 0 Å². The summed E-state index contributed by atoms with van der Waals surface area (Å²) in [6, 6.07) is 9.45. The molecule has 0 fully saturated rings. The summed E-state index contributed by atoms with van der Waals surface area (Å²) in [6.07, 6.45) is 3.46. The van der Waals surface area contributed by atoms with Crippen molar-refractivity contribution in [3.63, 3.8) is 0 Å². The summed E-state index contributed by atoms with van der Waals surface area (Å²) in [4.78, 5) is 25.2. The number of nitrogens with two attached hydrogens (primary N) is 2. The average Bonchev–Trinajstić information content (AvgIpc) is 3.15. The number of nitrogen functional groups attached to an aromatic ring is 1. The molecule has 0 unspecified atom stereocenters. The number of nitrogens with zero attached hydrogens (tertiary/aromatic N) is 5. The zero-order valence-corrected chi connectivity index (χ0v) is 17.5. The van der Waals surface area contributed by atoms with Gasteiger partial charge < -0.3 is 16.2 Å². The van der Waals surface area contributed by atoms with Gasteiger partial charge in [0.2, 0.25) is 0 Å². The van der Waals surface area contributed by atoms with E-state index in [9.17, 15) is 4.79 Å². The molecule has 31 heavy (non-hydrogen) atoms. The predicted molar refractivity (Wildman–Crippen MR) is 117 cm³/mol. The van der Waals surface area contributed by atoms with Gasteiger partial charge in [0.25, 0.3) is 5.91 Å². The summed E-state index contributed by atoms with van der Waals surface area (Å²) in [5.41, 5.74) is 15.8. The van der Waals surface area contributed by atoms with Crippen LogP contribution in [-0.4, -0.2) is 37.6 Å². The van der Waals surface area contributed by atoms with Crippen LogP contribution in [0, 0.1) is 0 Å². The molecule has 158 valence electrons. The number of carbonyl (C=O) groups excluding carboxylic acids is 1. The Morgan fingerprint density at radius 2 is 1.90 bits per heavy atom. The maximum atomic E-state index is 11.9. The number of anilines is 1. The lowest BCUT2D eigenvalue weighted by Gasteiger charge is -2.10. The highest BCUT2D eigenvalue weighted by Gasteiger charge is 2.19. The quantitative estimate of drug-likeness (QED) is 0.492. The van der Waals surface area contributed by atoms with Gasteiger partial charge in [-0.3, -0.25) is 9.78 Å². The monoisotopic (exact) mass is 417 g/mol. The Kier molecular flexibility index (Phi) is 5.24. The minimum absolute atomic E-state index is 0.168. The standard InChI is InChI=1S/C22H23N7O2/c1-12(2)22-28-18(19-20(23)26-11-27-29(19)22)14-6-4-13(5-7-14)10-15-17(21(24)30)16(31-3)8-9-25-15/h4-9,11-12H,10H2,1-3H3,(H2,24,30)(H2,23,26,27). The number of carbonyl (C=O) groups is 1. The van der Waals surface area contributed by atoms with Crippen LogP contribution in [0.3, 0.4) is 0 Å². The SMILES string of the molecule is COc1ccnc(Cc2ccc(-c3nc(C(C)C)n4ncnc(N)c34)cc2)c1C(N)=O. The number of benzene rings is 1. The van der Waals surface area contributed by atoms with Gasteiger partial charge in [-0.05, 0) is 11.6 Å².